The summed E-state index contributed by atoms with van der Waals surface area (Å²) >= 11 is 0. The summed E-state index contributed by atoms with van der Waals surface area (Å²) in [5, 5.41) is 8.78. The summed E-state index contributed by atoms with van der Waals surface area (Å²) in [4.78, 5) is 10.7. The highest BCUT2D eigenvalue weighted by Gasteiger charge is 2.46. The van der Waals surface area contributed by atoms with Gasteiger partial charge < -0.3 is 9.84 Å². The molecule has 3 nitrogen and oxygen atoms in total. The molecule has 0 aromatic heterocycles. The van der Waals surface area contributed by atoms with Crippen molar-refractivity contribution in [1.82, 2.24) is 0 Å². The number of carboxylic acids is 1. The van der Waals surface area contributed by atoms with E-state index < -0.39 is 11.9 Å². The SMILES string of the molecule is COc1cccc(F)c1[C@@H]1C[C@H]1C(=O)O. The fourth-order valence-corrected chi connectivity index (χ4v) is 1.84. The zero-order valence-corrected chi connectivity index (χ0v) is 8.24. The van der Waals surface area contributed by atoms with Crippen LogP contribution in [-0.4, -0.2) is 18.2 Å². The second kappa shape index (κ2) is 3.53. The van der Waals surface area contributed by atoms with Crippen molar-refractivity contribution < 1.29 is 19.0 Å². The molecule has 0 heterocycles. The molecular weight excluding hydrogens is 199 g/mol. The van der Waals surface area contributed by atoms with Crippen molar-refractivity contribution in [2.45, 2.75) is 12.3 Å². The van der Waals surface area contributed by atoms with Gasteiger partial charge in [-0.15, -0.1) is 0 Å². The molecule has 1 aliphatic rings. The lowest BCUT2D eigenvalue weighted by Gasteiger charge is -2.08. The summed E-state index contributed by atoms with van der Waals surface area (Å²) in [6.45, 7) is 0. The van der Waals surface area contributed by atoms with Gasteiger partial charge in [0.1, 0.15) is 11.6 Å². The number of benzene rings is 1. The second-order valence-corrected chi connectivity index (χ2v) is 3.64. The average Bonchev–Trinajstić information content (AvgIpc) is 2.96. The quantitative estimate of drug-likeness (QED) is 0.830. The molecule has 4 heteroatoms. The fourth-order valence-electron chi connectivity index (χ4n) is 1.84. The molecule has 15 heavy (non-hydrogen) atoms. The molecule has 0 spiro atoms. The molecule has 1 aromatic rings. The number of carboxylic acid groups (broad SMARTS) is 1. The van der Waals surface area contributed by atoms with E-state index in [4.69, 9.17) is 9.84 Å². The van der Waals surface area contributed by atoms with E-state index in [0.717, 1.165) is 0 Å². The first kappa shape index (κ1) is 9.96. The molecule has 1 saturated carbocycles. The van der Waals surface area contributed by atoms with Crippen LogP contribution in [0.15, 0.2) is 18.2 Å². The van der Waals surface area contributed by atoms with Gasteiger partial charge in [0.2, 0.25) is 0 Å². The minimum atomic E-state index is -0.870. The molecular formula is C11H11FO3. The molecule has 0 unspecified atom stereocenters. The zero-order valence-electron chi connectivity index (χ0n) is 8.24. The highest BCUT2D eigenvalue weighted by atomic mass is 19.1. The maximum absolute atomic E-state index is 13.5. The van der Waals surface area contributed by atoms with Crippen molar-refractivity contribution in [2.24, 2.45) is 5.92 Å². The van der Waals surface area contributed by atoms with Gasteiger partial charge in [-0.05, 0) is 18.6 Å². The molecule has 1 aromatic carbocycles. The number of hydrogen-bond acceptors (Lipinski definition) is 2. The number of carbonyl (C=O) groups is 1. The summed E-state index contributed by atoms with van der Waals surface area (Å²) < 4.78 is 18.5. The van der Waals surface area contributed by atoms with Crippen molar-refractivity contribution in [3.63, 3.8) is 0 Å². The van der Waals surface area contributed by atoms with Gasteiger partial charge in [0, 0.05) is 11.5 Å². The Morgan fingerprint density at radius 3 is 2.87 bits per heavy atom. The van der Waals surface area contributed by atoms with Crippen LogP contribution < -0.4 is 4.74 Å². The summed E-state index contributed by atoms with van der Waals surface area (Å²) in [5.41, 5.74) is 0.396. The molecule has 0 saturated heterocycles. The third-order valence-corrected chi connectivity index (χ3v) is 2.71. The molecule has 1 N–H and O–H groups in total. The van der Waals surface area contributed by atoms with Crippen molar-refractivity contribution >= 4 is 5.97 Å². The Kier molecular flexibility index (Phi) is 2.34. The Morgan fingerprint density at radius 2 is 2.33 bits per heavy atom. The van der Waals surface area contributed by atoms with Crippen molar-refractivity contribution in [1.29, 1.82) is 0 Å². The highest BCUT2D eigenvalue weighted by Crippen LogP contribution is 2.51. The van der Waals surface area contributed by atoms with E-state index in [9.17, 15) is 9.18 Å². The number of methoxy groups -OCH3 is 1. The van der Waals surface area contributed by atoms with Gasteiger partial charge in [0.05, 0.1) is 13.0 Å². The van der Waals surface area contributed by atoms with Crippen molar-refractivity contribution in [3.05, 3.63) is 29.6 Å². The molecule has 80 valence electrons. The lowest BCUT2D eigenvalue weighted by Crippen LogP contribution is -2.01. The summed E-state index contributed by atoms with van der Waals surface area (Å²) in [6, 6.07) is 4.53. The third kappa shape index (κ3) is 1.67. The third-order valence-electron chi connectivity index (χ3n) is 2.71. The normalized spacial score (nSPS) is 23.6. The van der Waals surface area contributed by atoms with Crippen LogP contribution in [0.4, 0.5) is 4.39 Å². The zero-order chi connectivity index (χ0) is 11.0. The second-order valence-electron chi connectivity index (χ2n) is 3.64. The van der Waals surface area contributed by atoms with E-state index in [1.54, 1.807) is 12.1 Å². The maximum atomic E-state index is 13.5. The number of ether oxygens (including phenoxy) is 1. The number of hydrogen-bond donors (Lipinski definition) is 1. The van der Waals surface area contributed by atoms with Gasteiger partial charge in [-0.25, -0.2) is 4.39 Å². The largest absolute Gasteiger partial charge is 0.496 e. The minimum absolute atomic E-state index is 0.237. The van der Waals surface area contributed by atoms with Gasteiger partial charge >= 0.3 is 5.97 Å². The molecule has 0 amide bonds. The van der Waals surface area contributed by atoms with E-state index in [1.807, 2.05) is 0 Å². The van der Waals surface area contributed by atoms with Crippen molar-refractivity contribution in [3.8, 4) is 5.75 Å². The lowest BCUT2D eigenvalue weighted by molar-refractivity contribution is -0.138. The van der Waals surface area contributed by atoms with Crippen LogP contribution >= 0.6 is 0 Å². The van der Waals surface area contributed by atoms with E-state index in [1.165, 1.54) is 13.2 Å². The molecule has 0 radical (unpaired) electrons. The first-order valence-corrected chi connectivity index (χ1v) is 4.70. The summed E-state index contributed by atoms with van der Waals surface area (Å²) in [7, 11) is 1.45. The van der Waals surface area contributed by atoms with Crippen LogP contribution in [0, 0.1) is 11.7 Å². The van der Waals surface area contributed by atoms with Gasteiger partial charge in [0.15, 0.2) is 0 Å². The van der Waals surface area contributed by atoms with Crippen LogP contribution in [0.2, 0.25) is 0 Å². The summed E-state index contributed by atoms with van der Waals surface area (Å²) in [6.07, 6.45) is 0.493. The number of aliphatic carboxylic acids is 1. The van der Waals surface area contributed by atoms with Crippen LogP contribution in [0.25, 0.3) is 0 Å². The average molecular weight is 210 g/mol. The molecule has 0 aliphatic heterocycles. The standard InChI is InChI=1S/C11H11FO3/c1-15-9-4-2-3-8(12)10(9)6-5-7(6)11(13)14/h2-4,6-7H,5H2,1H3,(H,13,14)/t6-,7-/m1/s1. The minimum Gasteiger partial charge on any atom is -0.496 e. The monoisotopic (exact) mass is 210 g/mol. The van der Waals surface area contributed by atoms with Crippen LogP contribution in [0.1, 0.15) is 17.9 Å². The molecule has 0 bridgehead atoms. The Bertz CT molecular complexity index is 403. The van der Waals surface area contributed by atoms with Gasteiger partial charge in [-0.2, -0.15) is 0 Å². The Labute approximate surface area is 86.5 Å². The highest BCUT2D eigenvalue weighted by molar-refractivity contribution is 5.75. The van der Waals surface area contributed by atoms with Gasteiger partial charge in [-0.1, -0.05) is 6.07 Å². The molecule has 2 rings (SSSR count). The van der Waals surface area contributed by atoms with Crippen LogP contribution in [0.5, 0.6) is 5.75 Å². The molecule has 2 atom stereocenters. The number of halogens is 1. The topological polar surface area (TPSA) is 46.5 Å². The fraction of sp³-hybridized carbons (Fsp3) is 0.364. The Balaban J connectivity index is 2.33. The predicted octanol–water partition coefficient (Wildman–Crippen LogP) is 2.02. The molecule has 1 aliphatic carbocycles. The summed E-state index contributed by atoms with van der Waals surface area (Å²) in [5.74, 6) is -1.52. The first-order chi connectivity index (χ1) is 7.15. The first-order valence-electron chi connectivity index (χ1n) is 4.70. The van der Waals surface area contributed by atoms with E-state index in [-0.39, 0.29) is 11.7 Å². The maximum Gasteiger partial charge on any atom is 0.307 e. The van der Waals surface area contributed by atoms with Crippen LogP contribution in [-0.2, 0) is 4.79 Å². The van der Waals surface area contributed by atoms with Gasteiger partial charge in [-0.3, -0.25) is 4.79 Å². The van der Waals surface area contributed by atoms with Crippen LogP contribution in [0.3, 0.4) is 0 Å². The lowest BCUT2D eigenvalue weighted by atomic mass is 10.1. The van der Waals surface area contributed by atoms with E-state index in [0.29, 0.717) is 17.7 Å². The van der Waals surface area contributed by atoms with Gasteiger partial charge in [0.25, 0.3) is 0 Å². The predicted molar refractivity (Wildman–Crippen MR) is 51.4 cm³/mol. The van der Waals surface area contributed by atoms with E-state index in [2.05, 4.69) is 0 Å². The Hall–Kier alpha value is -1.58. The number of rotatable bonds is 3. The van der Waals surface area contributed by atoms with Crippen molar-refractivity contribution in [2.75, 3.05) is 7.11 Å². The van der Waals surface area contributed by atoms with E-state index >= 15 is 0 Å². The Morgan fingerprint density at radius 1 is 1.60 bits per heavy atom. The smallest absolute Gasteiger partial charge is 0.307 e. The molecule has 1 fully saturated rings.